The summed E-state index contributed by atoms with van der Waals surface area (Å²) in [5.74, 6) is 0.798. The highest BCUT2D eigenvalue weighted by molar-refractivity contribution is 5.88. The Labute approximate surface area is 152 Å². The minimum absolute atomic E-state index is 0. The summed E-state index contributed by atoms with van der Waals surface area (Å²) in [6, 6.07) is 9.15. The van der Waals surface area contributed by atoms with E-state index in [0.29, 0.717) is 12.0 Å². The summed E-state index contributed by atoms with van der Waals surface area (Å²) in [6.07, 6.45) is 6.40. The van der Waals surface area contributed by atoms with Crippen LogP contribution in [0, 0.1) is 0 Å². The maximum atomic E-state index is 13.1. The molecule has 3 rings (SSSR count). The Morgan fingerprint density at radius 2 is 1.71 bits per heavy atom. The fraction of sp³-hybridized carbons (Fsp3) is 0.650. The van der Waals surface area contributed by atoms with Crippen molar-refractivity contribution in [3.8, 4) is 0 Å². The van der Waals surface area contributed by atoms with Crippen LogP contribution in [0.25, 0.3) is 0 Å². The van der Waals surface area contributed by atoms with Gasteiger partial charge in [-0.25, -0.2) is 0 Å². The van der Waals surface area contributed by atoms with Crippen LogP contribution in [0.1, 0.15) is 69.4 Å². The average Bonchev–Trinajstić information content (AvgIpc) is 3.07. The summed E-state index contributed by atoms with van der Waals surface area (Å²) in [7, 11) is 0. The third-order valence-corrected chi connectivity index (χ3v) is 5.70. The first-order chi connectivity index (χ1) is 11.1. The van der Waals surface area contributed by atoms with Gasteiger partial charge in [0.05, 0.1) is 5.41 Å². The Morgan fingerprint density at radius 1 is 1.12 bits per heavy atom. The van der Waals surface area contributed by atoms with E-state index in [4.69, 9.17) is 0 Å². The molecule has 1 saturated heterocycles. The SMILES string of the molecule is CC(C)c1ccc(C2(C(=O)NC3CCNCC3)CCCC2)cc1.Cl. The Bertz CT molecular complexity index is 529. The average molecular weight is 351 g/mol. The van der Waals surface area contributed by atoms with Crippen molar-refractivity contribution in [2.75, 3.05) is 13.1 Å². The highest BCUT2D eigenvalue weighted by atomic mass is 35.5. The molecule has 1 aliphatic heterocycles. The van der Waals surface area contributed by atoms with E-state index >= 15 is 0 Å². The molecule has 1 aliphatic carbocycles. The molecule has 4 heteroatoms. The first kappa shape index (κ1) is 19.3. The van der Waals surface area contributed by atoms with Crippen LogP contribution in [0.15, 0.2) is 24.3 Å². The number of hydrogen-bond donors (Lipinski definition) is 2. The predicted molar refractivity (Wildman–Crippen MR) is 102 cm³/mol. The molecule has 1 aromatic carbocycles. The lowest BCUT2D eigenvalue weighted by Gasteiger charge is -2.32. The molecule has 0 bridgehead atoms. The van der Waals surface area contributed by atoms with Crippen molar-refractivity contribution in [3.05, 3.63) is 35.4 Å². The second-order valence-electron chi connectivity index (χ2n) is 7.56. The predicted octanol–water partition coefficient (Wildman–Crippen LogP) is 3.91. The van der Waals surface area contributed by atoms with E-state index in [1.807, 2.05) is 0 Å². The van der Waals surface area contributed by atoms with Gasteiger partial charge in [-0.15, -0.1) is 12.4 Å². The molecular weight excluding hydrogens is 320 g/mol. The van der Waals surface area contributed by atoms with E-state index in [1.165, 1.54) is 11.1 Å². The zero-order valence-corrected chi connectivity index (χ0v) is 15.8. The Morgan fingerprint density at radius 3 is 2.25 bits per heavy atom. The van der Waals surface area contributed by atoms with Gasteiger partial charge in [0.15, 0.2) is 0 Å². The van der Waals surface area contributed by atoms with E-state index in [1.54, 1.807) is 0 Å². The molecule has 1 heterocycles. The first-order valence-electron chi connectivity index (χ1n) is 9.24. The van der Waals surface area contributed by atoms with Crippen LogP contribution in [-0.4, -0.2) is 25.0 Å². The van der Waals surface area contributed by atoms with Crippen molar-refractivity contribution in [3.63, 3.8) is 0 Å². The second kappa shape index (κ2) is 8.35. The molecular formula is C20H31ClN2O. The number of hydrogen-bond acceptors (Lipinski definition) is 2. The van der Waals surface area contributed by atoms with Crippen molar-refractivity contribution in [2.24, 2.45) is 0 Å². The maximum absolute atomic E-state index is 13.1. The van der Waals surface area contributed by atoms with Crippen LogP contribution in [0.2, 0.25) is 0 Å². The summed E-state index contributed by atoms with van der Waals surface area (Å²) in [5, 5.41) is 6.72. The Balaban J connectivity index is 0.00000208. The van der Waals surface area contributed by atoms with Crippen LogP contribution in [0.3, 0.4) is 0 Å². The molecule has 3 nitrogen and oxygen atoms in total. The number of carbonyl (C=O) groups excluding carboxylic acids is 1. The number of carbonyl (C=O) groups is 1. The number of nitrogens with one attached hydrogen (secondary N) is 2. The zero-order valence-electron chi connectivity index (χ0n) is 14.9. The summed E-state index contributed by atoms with van der Waals surface area (Å²) in [4.78, 5) is 13.1. The molecule has 0 atom stereocenters. The number of piperidine rings is 1. The monoisotopic (exact) mass is 350 g/mol. The van der Waals surface area contributed by atoms with Gasteiger partial charge in [-0.3, -0.25) is 4.79 Å². The third kappa shape index (κ3) is 3.94. The van der Waals surface area contributed by atoms with E-state index in [9.17, 15) is 4.79 Å². The summed E-state index contributed by atoms with van der Waals surface area (Å²) >= 11 is 0. The summed E-state index contributed by atoms with van der Waals surface area (Å²) in [5.41, 5.74) is 2.27. The number of halogens is 1. The molecule has 24 heavy (non-hydrogen) atoms. The van der Waals surface area contributed by atoms with Gasteiger partial charge in [0.2, 0.25) is 5.91 Å². The molecule has 2 N–H and O–H groups in total. The quantitative estimate of drug-likeness (QED) is 0.864. The summed E-state index contributed by atoms with van der Waals surface area (Å²) in [6.45, 7) is 6.45. The number of rotatable bonds is 4. The highest BCUT2D eigenvalue weighted by Gasteiger charge is 2.43. The van der Waals surface area contributed by atoms with Gasteiger partial charge in [0, 0.05) is 6.04 Å². The molecule has 2 fully saturated rings. The molecule has 2 aliphatic rings. The maximum Gasteiger partial charge on any atom is 0.230 e. The van der Waals surface area contributed by atoms with Gasteiger partial charge < -0.3 is 10.6 Å². The highest BCUT2D eigenvalue weighted by Crippen LogP contribution is 2.42. The van der Waals surface area contributed by atoms with Crippen LogP contribution < -0.4 is 10.6 Å². The molecule has 1 aromatic rings. The van der Waals surface area contributed by atoms with Gasteiger partial charge in [0.1, 0.15) is 0 Å². The lowest BCUT2D eigenvalue weighted by molar-refractivity contribution is -0.127. The van der Waals surface area contributed by atoms with Crippen LogP contribution in [0.5, 0.6) is 0 Å². The Hall–Kier alpha value is -1.06. The van der Waals surface area contributed by atoms with E-state index in [2.05, 4.69) is 48.7 Å². The minimum Gasteiger partial charge on any atom is -0.353 e. The molecule has 0 aromatic heterocycles. The lowest BCUT2D eigenvalue weighted by atomic mass is 9.77. The number of amides is 1. The van der Waals surface area contributed by atoms with Gasteiger partial charge in [-0.05, 0) is 55.8 Å². The van der Waals surface area contributed by atoms with Crippen LogP contribution >= 0.6 is 12.4 Å². The molecule has 1 saturated carbocycles. The van der Waals surface area contributed by atoms with Gasteiger partial charge in [-0.1, -0.05) is 51.0 Å². The molecule has 134 valence electrons. The summed E-state index contributed by atoms with van der Waals surface area (Å²) < 4.78 is 0. The van der Waals surface area contributed by atoms with Crippen LogP contribution in [0.4, 0.5) is 0 Å². The van der Waals surface area contributed by atoms with Gasteiger partial charge in [-0.2, -0.15) is 0 Å². The fourth-order valence-corrected chi connectivity index (χ4v) is 4.10. The molecule has 0 spiro atoms. The van der Waals surface area contributed by atoms with Crippen molar-refractivity contribution in [1.29, 1.82) is 0 Å². The third-order valence-electron chi connectivity index (χ3n) is 5.70. The molecule has 0 radical (unpaired) electrons. The topological polar surface area (TPSA) is 41.1 Å². The molecule has 0 unspecified atom stereocenters. The smallest absolute Gasteiger partial charge is 0.230 e. The zero-order chi connectivity index (χ0) is 16.3. The van der Waals surface area contributed by atoms with Crippen molar-refractivity contribution in [1.82, 2.24) is 10.6 Å². The molecule has 1 amide bonds. The second-order valence-corrected chi connectivity index (χ2v) is 7.56. The van der Waals surface area contributed by atoms with E-state index in [-0.39, 0.29) is 23.7 Å². The van der Waals surface area contributed by atoms with Gasteiger partial charge in [0.25, 0.3) is 0 Å². The van der Waals surface area contributed by atoms with E-state index < -0.39 is 0 Å². The fourth-order valence-electron chi connectivity index (χ4n) is 4.10. The lowest BCUT2D eigenvalue weighted by Crippen LogP contribution is -2.50. The normalized spacial score (nSPS) is 20.6. The van der Waals surface area contributed by atoms with Crippen LogP contribution in [-0.2, 0) is 10.2 Å². The van der Waals surface area contributed by atoms with E-state index in [0.717, 1.165) is 51.6 Å². The van der Waals surface area contributed by atoms with Crippen molar-refractivity contribution in [2.45, 2.75) is 69.7 Å². The number of benzene rings is 1. The first-order valence-corrected chi connectivity index (χ1v) is 9.24. The van der Waals surface area contributed by atoms with Gasteiger partial charge >= 0.3 is 0 Å². The largest absolute Gasteiger partial charge is 0.353 e. The standard InChI is InChI=1S/C20H30N2O.ClH/c1-15(2)16-5-7-17(8-6-16)20(11-3-4-12-20)19(23)22-18-9-13-21-14-10-18;/h5-8,15,18,21H,3-4,9-14H2,1-2H3,(H,22,23);1H. The van der Waals surface area contributed by atoms with Crippen molar-refractivity contribution < 1.29 is 4.79 Å². The Kier molecular flexibility index (Phi) is 6.70. The van der Waals surface area contributed by atoms with Crippen molar-refractivity contribution >= 4 is 18.3 Å². The minimum atomic E-state index is -0.291.